The Morgan fingerprint density at radius 2 is 1.76 bits per heavy atom. The SMILES string of the molecule is CC(=O)c1ccccc1OCCS(=O)c1ccc(C)cc1. The van der Waals surface area contributed by atoms with Gasteiger partial charge < -0.3 is 4.74 Å². The molecule has 0 saturated heterocycles. The molecule has 0 aromatic heterocycles. The fraction of sp³-hybridized carbons (Fsp3) is 0.235. The van der Waals surface area contributed by atoms with Crippen molar-refractivity contribution in [2.75, 3.05) is 12.4 Å². The van der Waals surface area contributed by atoms with E-state index in [0.29, 0.717) is 23.7 Å². The first-order valence-electron chi connectivity index (χ1n) is 6.76. The molecule has 0 N–H and O–H groups in total. The van der Waals surface area contributed by atoms with E-state index in [0.717, 1.165) is 10.5 Å². The minimum Gasteiger partial charge on any atom is -0.492 e. The maximum atomic E-state index is 12.1. The van der Waals surface area contributed by atoms with E-state index < -0.39 is 10.8 Å². The van der Waals surface area contributed by atoms with Gasteiger partial charge >= 0.3 is 0 Å². The van der Waals surface area contributed by atoms with Crippen LogP contribution in [0.5, 0.6) is 5.75 Å². The second kappa shape index (κ2) is 7.18. The molecular formula is C17H18O3S. The van der Waals surface area contributed by atoms with Crippen molar-refractivity contribution in [1.82, 2.24) is 0 Å². The van der Waals surface area contributed by atoms with Gasteiger partial charge in [-0.05, 0) is 38.1 Å². The Balaban J connectivity index is 1.94. The van der Waals surface area contributed by atoms with Gasteiger partial charge in [-0.1, -0.05) is 29.8 Å². The predicted octanol–water partition coefficient (Wildman–Crippen LogP) is 3.38. The molecule has 21 heavy (non-hydrogen) atoms. The van der Waals surface area contributed by atoms with Crippen LogP contribution >= 0.6 is 0 Å². The zero-order valence-electron chi connectivity index (χ0n) is 12.2. The second-order valence-electron chi connectivity index (χ2n) is 4.76. The molecule has 1 atom stereocenters. The molecule has 0 saturated carbocycles. The fourth-order valence-electron chi connectivity index (χ4n) is 1.92. The highest BCUT2D eigenvalue weighted by atomic mass is 32.2. The number of rotatable bonds is 6. The largest absolute Gasteiger partial charge is 0.492 e. The van der Waals surface area contributed by atoms with Gasteiger partial charge in [0.25, 0.3) is 0 Å². The maximum absolute atomic E-state index is 12.1. The summed E-state index contributed by atoms with van der Waals surface area (Å²) in [4.78, 5) is 12.3. The highest BCUT2D eigenvalue weighted by Gasteiger charge is 2.08. The van der Waals surface area contributed by atoms with Gasteiger partial charge in [0.05, 0.1) is 22.1 Å². The van der Waals surface area contributed by atoms with Crippen molar-refractivity contribution in [3.63, 3.8) is 0 Å². The van der Waals surface area contributed by atoms with E-state index in [4.69, 9.17) is 4.74 Å². The maximum Gasteiger partial charge on any atom is 0.163 e. The Kier molecular flexibility index (Phi) is 5.28. The number of aryl methyl sites for hydroxylation is 1. The molecule has 0 radical (unpaired) electrons. The lowest BCUT2D eigenvalue weighted by Crippen LogP contribution is -2.10. The zero-order chi connectivity index (χ0) is 15.2. The summed E-state index contributed by atoms with van der Waals surface area (Å²) in [6, 6.07) is 14.7. The summed E-state index contributed by atoms with van der Waals surface area (Å²) in [6.45, 7) is 3.81. The summed E-state index contributed by atoms with van der Waals surface area (Å²) >= 11 is 0. The molecule has 0 bridgehead atoms. The first kappa shape index (κ1) is 15.4. The quantitative estimate of drug-likeness (QED) is 0.768. The third kappa shape index (κ3) is 4.26. The number of benzene rings is 2. The number of carbonyl (C=O) groups is 1. The number of hydrogen-bond acceptors (Lipinski definition) is 3. The molecule has 0 spiro atoms. The van der Waals surface area contributed by atoms with Crippen LogP contribution in [0.25, 0.3) is 0 Å². The smallest absolute Gasteiger partial charge is 0.163 e. The highest BCUT2D eigenvalue weighted by molar-refractivity contribution is 7.85. The summed E-state index contributed by atoms with van der Waals surface area (Å²) in [5.74, 6) is 0.908. The first-order valence-corrected chi connectivity index (χ1v) is 8.07. The van der Waals surface area contributed by atoms with E-state index in [9.17, 15) is 9.00 Å². The number of carbonyl (C=O) groups excluding carboxylic acids is 1. The Morgan fingerprint density at radius 3 is 2.43 bits per heavy atom. The minimum absolute atomic E-state index is 0.0368. The van der Waals surface area contributed by atoms with Crippen LogP contribution < -0.4 is 4.74 Å². The lowest BCUT2D eigenvalue weighted by molar-refractivity contribution is 0.101. The Hall–Kier alpha value is -1.94. The number of ether oxygens (including phenoxy) is 1. The van der Waals surface area contributed by atoms with Crippen molar-refractivity contribution in [3.8, 4) is 5.75 Å². The van der Waals surface area contributed by atoms with Crippen LogP contribution in [-0.4, -0.2) is 22.4 Å². The lowest BCUT2D eigenvalue weighted by Gasteiger charge is -2.09. The minimum atomic E-state index is -1.09. The molecule has 0 aliphatic carbocycles. The summed E-state index contributed by atoms with van der Waals surface area (Å²) in [5, 5.41) is 0. The molecule has 4 heteroatoms. The van der Waals surface area contributed by atoms with Gasteiger partial charge in [-0.15, -0.1) is 0 Å². The normalized spacial score (nSPS) is 11.9. The van der Waals surface area contributed by atoms with Crippen LogP contribution in [0.2, 0.25) is 0 Å². The van der Waals surface area contributed by atoms with E-state index in [1.165, 1.54) is 6.92 Å². The molecule has 0 amide bonds. The monoisotopic (exact) mass is 302 g/mol. The van der Waals surface area contributed by atoms with Gasteiger partial charge in [-0.3, -0.25) is 9.00 Å². The summed E-state index contributed by atoms with van der Waals surface area (Å²) in [6.07, 6.45) is 0. The van der Waals surface area contributed by atoms with Gasteiger partial charge in [-0.25, -0.2) is 0 Å². The first-order chi connectivity index (χ1) is 10.1. The molecule has 0 heterocycles. The van der Waals surface area contributed by atoms with Crippen LogP contribution in [-0.2, 0) is 10.8 Å². The molecule has 0 aliphatic heterocycles. The molecule has 3 nitrogen and oxygen atoms in total. The average molecular weight is 302 g/mol. The van der Waals surface area contributed by atoms with E-state index in [1.807, 2.05) is 37.3 Å². The Labute approximate surface area is 127 Å². The van der Waals surface area contributed by atoms with Crippen molar-refractivity contribution in [3.05, 3.63) is 59.7 Å². The van der Waals surface area contributed by atoms with Crippen LogP contribution in [0.1, 0.15) is 22.8 Å². The number of hydrogen-bond donors (Lipinski definition) is 0. The topological polar surface area (TPSA) is 43.4 Å². The van der Waals surface area contributed by atoms with E-state index in [2.05, 4.69) is 0 Å². The fourth-order valence-corrected chi connectivity index (χ4v) is 2.83. The van der Waals surface area contributed by atoms with Gasteiger partial charge in [0.1, 0.15) is 12.4 Å². The number of ketones is 1. The van der Waals surface area contributed by atoms with Crippen molar-refractivity contribution < 1.29 is 13.7 Å². The highest BCUT2D eigenvalue weighted by Crippen LogP contribution is 2.18. The van der Waals surface area contributed by atoms with Crippen LogP contribution in [0, 0.1) is 6.92 Å². The number of para-hydroxylation sites is 1. The molecule has 1 unspecified atom stereocenters. The average Bonchev–Trinajstić information content (AvgIpc) is 2.48. The van der Waals surface area contributed by atoms with Crippen molar-refractivity contribution in [1.29, 1.82) is 0 Å². The standard InChI is InChI=1S/C17H18O3S/c1-13-7-9-15(10-8-13)21(19)12-11-20-17-6-4-3-5-16(17)14(2)18/h3-10H,11-12H2,1-2H3. The lowest BCUT2D eigenvalue weighted by atomic mass is 10.1. The summed E-state index contributed by atoms with van der Waals surface area (Å²) < 4.78 is 17.7. The molecular weight excluding hydrogens is 284 g/mol. The summed E-state index contributed by atoms with van der Waals surface area (Å²) in [7, 11) is -1.09. The predicted molar refractivity (Wildman–Crippen MR) is 84.4 cm³/mol. The van der Waals surface area contributed by atoms with Crippen LogP contribution in [0.4, 0.5) is 0 Å². The second-order valence-corrected chi connectivity index (χ2v) is 6.33. The van der Waals surface area contributed by atoms with Gasteiger partial charge in [0.2, 0.25) is 0 Å². The van der Waals surface area contributed by atoms with E-state index in [-0.39, 0.29) is 5.78 Å². The van der Waals surface area contributed by atoms with E-state index >= 15 is 0 Å². The molecule has 0 fully saturated rings. The third-order valence-corrected chi connectivity index (χ3v) is 4.41. The third-order valence-electron chi connectivity index (χ3n) is 3.08. The Bertz CT molecular complexity index is 647. The summed E-state index contributed by atoms with van der Waals surface area (Å²) in [5.41, 5.74) is 1.70. The van der Waals surface area contributed by atoms with Crippen molar-refractivity contribution >= 4 is 16.6 Å². The van der Waals surface area contributed by atoms with Gasteiger partial charge in [0, 0.05) is 4.90 Å². The molecule has 0 aliphatic rings. The van der Waals surface area contributed by atoms with Gasteiger partial charge in [-0.2, -0.15) is 0 Å². The van der Waals surface area contributed by atoms with Crippen molar-refractivity contribution in [2.24, 2.45) is 0 Å². The molecule has 110 valence electrons. The zero-order valence-corrected chi connectivity index (χ0v) is 13.0. The Morgan fingerprint density at radius 1 is 1.10 bits per heavy atom. The van der Waals surface area contributed by atoms with E-state index in [1.54, 1.807) is 18.2 Å². The number of Topliss-reactive ketones (excluding diaryl/α,β-unsaturated/α-hetero) is 1. The molecule has 2 aromatic carbocycles. The van der Waals surface area contributed by atoms with Gasteiger partial charge in [0.15, 0.2) is 5.78 Å². The molecule has 2 aromatic rings. The van der Waals surface area contributed by atoms with Crippen molar-refractivity contribution in [2.45, 2.75) is 18.7 Å². The van der Waals surface area contributed by atoms with Crippen LogP contribution in [0.15, 0.2) is 53.4 Å². The molecule has 2 rings (SSSR count). The van der Waals surface area contributed by atoms with Crippen LogP contribution in [0.3, 0.4) is 0 Å².